The van der Waals surface area contributed by atoms with Crippen LogP contribution in [0.2, 0.25) is 4.47 Å². The summed E-state index contributed by atoms with van der Waals surface area (Å²) in [5, 5.41) is 8.78. The van der Waals surface area contributed by atoms with Crippen LogP contribution in [0, 0.1) is 0 Å². The van der Waals surface area contributed by atoms with E-state index >= 15 is 0 Å². The van der Waals surface area contributed by atoms with Crippen LogP contribution < -0.4 is 0 Å². The Morgan fingerprint density at radius 1 is 1.41 bits per heavy atom. The number of carbonyl (C=O) groups excluding carboxylic acids is 1. The maximum Gasteiger partial charge on any atom is 0.222 e. The molecule has 0 spiro atoms. The van der Waals surface area contributed by atoms with Crippen LogP contribution in [0.25, 0.3) is 0 Å². The highest BCUT2D eigenvalue weighted by molar-refractivity contribution is 7.15. The van der Waals surface area contributed by atoms with Crippen molar-refractivity contribution in [3.8, 4) is 0 Å². The Kier molecular flexibility index (Phi) is 3.02. The minimum absolute atomic E-state index is 0.314. The Morgan fingerprint density at radius 2 is 2.29 bits per heavy atom. The molecule has 1 aromatic rings. The number of hydrogen-bond acceptors (Lipinski definition) is 5. The molecule has 0 N–H and O–H groups in total. The molecule has 1 unspecified atom stereocenters. The first-order chi connectivity index (χ1) is 8.22. The zero-order chi connectivity index (χ0) is 11.8. The van der Waals surface area contributed by atoms with Gasteiger partial charge < -0.3 is 4.90 Å². The highest BCUT2D eigenvalue weighted by Gasteiger charge is 2.35. The van der Waals surface area contributed by atoms with Crippen LogP contribution in [-0.2, 0) is 11.3 Å². The SMILES string of the molecule is O=C1CCC2CN(Cc3nnc(Cl)s3)CCN12. The molecule has 0 aromatic carbocycles. The van der Waals surface area contributed by atoms with Gasteiger partial charge in [-0.15, -0.1) is 10.2 Å². The molecule has 17 heavy (non-hydrogen) atoms. The lowest BCUT2D eigenvalue weighted by Gasteiger charge is -2.37. The maximum atomic E-state index is 11.5. The van der Waals surface area contributed by atoms with E-state index in [-0.39, 0.29) is 0 Å². The number of carbonyl (C=O) groups is 1. The second kappa shape index (κ2) is 4.51. The average molecular weight is 273 g/mol. The van der Waals surface area contributed by atoms with Crippen molar-refractivity contribution in [3.05, 3.63) is 9.47 Å². The van der Waals surface area contributed by atoms with Crippen molar-refractivity contribution in [3.63, 3.8) is 0 Å². The average Bonchev–Trinajstić information content (AvgIpc) is 2.87. The largest absolute Gasteiger partial charge is 0.337 e. The summed E-state index contributed by atoms with van der Waals surface area (Å²) in [5.74, 6) is 0.314. The summed E-state index contributed by atoms with van der Waals surface area (Å²) < 4.78 is 0.495. The first kappa shape index (κ1) is 11.4. The molecule has 0 aliphatic carbocycles. The monoisotopic (exact) mass is 272 g/mol. The molecular weight excluding hydrogens is 260 g/mol. The van der Waals surface area contributed by atoms with E-state index in [0.717, 1.165) is 37.6 Å². The fraction of sp³-hybridized carbons (Fsp3) is 0.700. The van der Waals surface area contributed by atoms with Crippen LogP contribution in [0.5, 0.6) is 0 Å². The Morgan fingerprint density at radius 3 is 3.06 bits per heavy atom. The number of nitrogens with zero attached hydrogens (tertiary/aromatic N) is 4. The van der Waals surface area contributed by atoms with Crippen molar-refractivity contribution in [1.29, 1.82) is 0 Å². The van der Waals surface area contributed by atoms with E-state index in [2.05, 4.69) is 15.1 Å². The first-order valence-corrected chi connectivity index (χ1v) is 6.91. The van der Waals surface area contributed by atoms with Gasteiger partial charge in [0.1, 0.15) is 5.01 Å². The summed E-state index contributed by atoms with van der Waals surface area (Å²) in [5.41, 5.74) is 0. The quantitative estimate of drug-likeness (QED) is 0.806. The molecule has 0 radical (unpaired) electrons. The molecule has 0 bridgehead atoms. The van der Waals surface area contributed by atoms with Gasteiger partial charge in [-0.25, -0.2) is 0 Å². The molecule has 2 aliphatic rings. The third-order valence-electron chi connectivity index (χ3n) is 3.38. The summed E-state index contributed by atoms with van der Waals surface area (Å²) in [6.45, 7) is 3.50. The van der Waals surface area contributed by atoms with E-state index in [9.17, 15) is 4.79 Å². The number of amides is 1. The number of piperazine rings is 1. The predicted octanol–water partition coefficient (Wildman–Crippen LogP) is 0.998. The van der Waals surface area contributed by atoms with Crippen molar-refractivity contribution >= 4 is 28.8 Å². The minimum atomic E-state index is 0.314. The Bertz CT molecular complexity index is 438. The van der Waals surface area contributed by atoms with Gasteiger partial charge in [0, 0.05) is 32.1 Å². The molecule has 2 aliphatic heterocycles. The second-order valence-corrected chi connectivity index (χ2v) is 6.11. The highest BCUT2D eigenvalue weighted by atomic mass is 35.5. The van der Waals surface area contributed by atoms with E-state index in [1.807, 2.05) is 4.90 Å². The second-order valence-electron chi connectivity index (χ2n) is 4.46. The normalized spacial score (nSPS) is 25.4. The van der Waals surface area contributed by atoms with E-state index in [0.29, 0.717) is 22.8 Å². The third kappa shape index (κ3) is 2.29. The predicted molar refractivity (Wildman–Crippen MR) is 64.9 cm³/mol. The molecule has 7 heteroatoms. The molecule has 0 saturated carbocycles. The van der Waals surface area contributed by atoms with Crippen LogP contribution in [0.4, 0.5) is 0 Å². The Labute approximate surface area is 108 Å². The smallest absolute Gasteiger partial charge is 0.222 e. The molecule has 3 rings (SSSR count). The summed E-state index contributed by atoms with van der Waals surface area (Å²) in [6, 6.07) is 0.402. The van der Waals surface area contributed by atoms with E-state index in [1.54, 1.807) is 0 Å². The van der Waals surface area contributed by atoms with E-state index in [1.165, 1.54) is 11.3 Å². The lowest BCUT2D eigenvalue weighted by Crippen LogP contribution is -2.50. The van der Waals surface area contributed by atoms with Crippen molar-refractivity contribution in [2.45, 2.75) is 25.4 Å². The fourth-order valence-corrected chi connectivity index (χ4v) is 3.47. The van der Waals surface area contributed by atoms with Gasteiger partial charge in [0.15, 0.2) is 0 Å². The zero-order valence-electron chi connectivity index (χ0n) is 9.30. The first-order valence-electron chi connectivity index (χ1n) is 5.72. The number of fused-ring (bicyclic) bond motifs is 1. The van der Waals surface area contributed by atoms with Crippen LogP contribution >= 0.6 is 22.9 Å². The molecule has 1 aromatic heterocycles. The van der Waals surface area contributed by atoms with Gasteiger partial charge >= 0.3 is 0 Å². The highest BCUT2D eigenvalue weighted by Crippen LogP contribution is 2.24. The Hall–Kier alpha value is -0.720. The number of hydrogen-bond donors (Lipinski definition) is 0. The summed E-state index contributed by atoms with van der Waals surface area (Å²) in [7, 11) is 0. The summed E-state index contributed by atoms with van der Waals surface area (Å²) in [6.07, 6.45) is 1.70. The third-order valence-corrected chi connectivity index (χ3v) is 4.38. The van der Waals surface area contributed by atoms with Crippen molar-refractivity contribution in [2.24, 2.45) is 0 Å². The van der Waals surface area contributed by atoms with Gasteiger partial charge in [-0.3, -0.25) is 9.69 Å². The van der Waals surface area contributed by atoms with Crippen LogP contribution in [0.3, 0.4) is 0 Å². The van der Waals surface area contributed by atoms with Gasteiger partial charge in [-0.1, -0.05) is 11.3 Å². The van der Waals surface area contributed by atoms with Crippen molar-refractivity contribution in [1.82, 2.24) is 20.0 Å². The number of aromatic nitrogens is 2. The van der Waals surface area contributed by atoms with Gasteiger partial charge in [0.05, 0.1) is 6.54 Å². The van der Waals surface area contributed by atoms with Crippen molar-refractivity contribution in [2.75, 3.05) is 19.6 Å². The van der Waals surface area contributed by atoms with E-state index in [4.69, 9.17) is 11.6 Å². The standard InChI is InChI=1S/C10H13ClN4OS/c11-10-13-12-8(17-10)6-14-3-4-15-7(5-14)1-2-9(15)16/h7H,1-6H2. The molecule has 1 atom stereocenters. The van der Waals surface area contributed by atoms with Crippen LogP contribution in [0.1, 0.15) is 17.8 Å². The Balaban J connectivity index is 1.62. The molecule has 3 heterocycles. The lowest BCUT2D eigenvalue weighted by molar-refractivity contribution is -0.130. The van der Waals surface area contributed by atoms with E-state index < -0.39 is 0 Å². The number of rotatable bonds is 2. The maximum absolute atomic E-state index is 11.5. The molecule has 5 nitrogen and oxygen atoms in total. The molecule has 92 valence electrons. The van der Waals surface area contributed by atoms with Gasteiger partial charge in [0.2, 0.25) is 10.4 Å². The molecular formula is C10H13ClN4OS. The fourth-order valence-electron chi connectivity index (χ4n) is 2.56. The number of halogens is 1. The summed E-state index contributed by atoms with van der Waals surface area (Å²) in [4.78, 5) is 15.9. The molecule has 2 saturated heterocycles. The topological polar surface area (TPSA) is 49.3 Å². The van der Waals surface area contributed by atoms with Gasteiger partial charge in [-0.05, 0) is 18.0 Å². The van der Waals surface area contributed by atoms with Crippen LogP contribution in [-0.4, -0.2) is 51.6 Å². The van der Waals surface area contributed by atoms with Gasteiger partial charge in [0.25, 0.3) is 0 Å². The molecule has 2 fully saturated rings. The zero-order valence-corrected chi connectivity index (χ0v) is 10.9. The van der Waals surface area contributed by atoms with Crippen molar-refractivity contribution < 1.29 is 4.79 Å². The summed E-state index contributed by atoms with van der Waals surface area (Å²) >= 11 is 7.19. The lowest BCUT2D eigenvalue weighted by atomic mass is 10.1. The van der Waals surface area contributed by atoms with Gasteiger partial charge in [-0.2, -0.15) is 0 Å². The van der Waals surface area contributed by atoms with Crippen LogP contribution in [0.15, 0.2) is 0 Å². The minimum Gasteiger partial charge on any atom is -0.337 e. The molecule has 1 amide bonds.